The maximum atomic E-state index is 4.73. The lowest BCUT2D eigenvalue weighted by Gasteiger charge is -2.06. The number of anilines is 1. The minimum atomic E-state index is 0.603. The number of nitrogens with zero attached hydrogens (tertiary/aromatic N) is 2. The van der Waals surface area contributed by atoms with Crippen LogP contribution in [0.4, 0.5) is 5.82 Å². The molecule has 0 unspecified atom stereocenters. The van der Waals surface area contributed by atoms with E-state index < -0.39 is 0 Å². The highest BCUT2D eigenvalue weighted by molar-refractivity contribution is 9.10. The van der Waals surface area contributed by atoms with Crippen LogP contribution in [-0.2, 0) is 6.54 Å². The molecule has 0 fully saturated rings. The molecule has 15 heavy (non-hydrogen) atoms. The lowest BCUT2D eigenvalue weighted by atomic mass is 10.3. The van der Waals surface area contributed by atoms with Gasteiger partial charge in [0.05, 0.1) is 11.0 Å². The highest BCUT2D eigenvalue weighted by Gasteiger charge is 2.04. The van der Waals surface area contributed by atoms with Crippen LogP contribution in [0.1, 0.15) is 11.3 Å². The summed E-state index contributed by atoms with van der Waals surface area (Å²) in [7, 11) is 0. The van der Waals surface area contributed by atoms with E-state index in [9.17, 15) is 0 Å². The Bertz CT molecular complexity index is 442. The van der Waals surface area contributed by atoms with E-state index in [2.05, 4.69) is 31.4 Å². The summed E-state index contributed by atoms with van der Waals surface area (Å²) in [4.78, 5) is 4.22. The van der Waals surface area contributed by atoms with Crippen LogP contribution in [0.3, 0.4) is 0 Å². The number of nitrogens with one attached hydrogen (secondary N) is 1. The first-order valence-electron chi connectivity index (χ1n) is 4.51. The third kappa shape index (κ3) is 2.36. The zero-order valence-electron chi connectivity index (χ0n) is 8.20. The van der Waals surface area contributed by atoms with Gasteiger partial charge in [-0.1, -0.05) is 5.16 Å². The van der Waals surface area contributed by atoms with Gasteiger partial charge in [-0.05, 0) is 34.5 Å². The van der Waals surface area contributed by atoms with Crippen molar-refractivity contribution in [2.45, 2.75) is 13.5 Å². The number of rotatable bonds is 3. The summed E-state index contributed by atoms with van der Waals surface area (Å²) in [6, 6.07) is 3.77. The summed E-state index contributed by atoms with van der Waals surface area (Å²) in [6.07, 6.45) is 3.32. The second-order valence-electron chi connectivity index (χ2n) is 3.13. The molecule has 0 aliphatic heterocycles. The van der Waals surface area contributed by atoms with E-state index >= 15 is 0 Å². The molecular weight excluding hydrogens is 258 g/mol. The number of halogens is 1. The summed E-state index contributed by atoms with van der Waals surface area (Å²) in [6.45, 7) is 2.62. The Labute approximate surface area is 95.8 Å². The van der Waals surface area contributed by atoms with E-state index in [1.165, 1.54) is 0 Å². The van der Waals surface area contributed by atoms with Crippen LogP contribution < -0.4 is 5.32 Å². The lowest BCUT2D eigenvalue weighted by molar-refractivity contribution is 0.412. The third-order valence-electron chi connectivity index (χ3n) is 2.01. The lowest BCUT2D eigenvalue weighted by Crippen LogP contribution is -2.02. The molecule has 78 valence electrons. The average Bonchev–Trinajstić information content (AvgIpc) is 2.73. The molecule has 2 rings (SSSR count). The Morgan fingerprint density at radius 2 is 2.33 bits per heavy atom. The topological polar surface area (TPSA) is 51.0 Å². The van der Waals surface area contributed by atoms with Crippen molar-refractivity contribution in [3.8, 4) is 0 Å². The van der Waals surface area contributed by atoms with Crippen LogP contribution in [0, 0.1) is 6.92 Å². The van der Waals surface area contributed by atoms with Crippen LogP contribution in [0.5, 0.6) is 0 Å². The Hall–Kier alpha value is -1.36. The van der Waals surface area contributed by atoms with E-state index in [0.717, 1.165) is 21.5 Å². The molecule has 0 spiro atoms. The van der Waals surface area contributed by atoms with E-state index in [1.54, 1.807) is 12.5 Å². The number of aromatic nitrogens is 2. The number of hydrogen-bond donors (Lipinski definition) is 1. The molecule has 0 amide bonds. The Morgan fingerprint density at radius 3 is 3.07 bits per heavy atom. The van der Waals surface area contributed by atoms with Crippen molar-refractivity contribution in [2.24, 2.45) is 0 Å². The van der Waals surface area contributed by atoms with E-state index in [4.69, 9.17) is 4.52 Å². The van der Waals surface area contributed by atoms with Gasteiger partial charge in [-0.25, -0.2) is 4.98 Å². The third-order valence-corrected chi connectivity index (χ3v) is 3.01. The monoisotopic (exact) mass is 267 g/mol. The van der Waals surface area contributed by atoms with Gasteiger partial charge in [-0.3, -0.25) is 0 Å². The molecule has 2 aromatic heterocycles. The number of hydrogen-bond acceptors (Lipinski definition) is 4. The summed E-state index contributed by atoms with van der Waals surface area (Å²) in [5, 5.41) is 6.98. The second kappa shape index (κ2) is 4.44. The maximum Gasteiger partial charge on any atom is 0.140 e. The molecule has 0 aromatic carbocycles. The van der Waals surface area contributed by atoms with Crippen molar-refractivity contribution in [1.82, 2.24) is 10.1 Å². The predicted molar refractivity (Wildman–Crippen MR) is 60.5 cm³/mol. The van der Waals surface area contributed by atoms with E-state index in [0.29, 0.717) is 6.54 Å². The van der Waals surface area contributed by atoms with Crippen molar-refractivity contribution < 1.29 is 4.52 Å². The van der Waals surface area contributed by atoms with Gasteiger partial charge < -0.3 is 9.84 Å². The molecule has 2 heterocycles. The smallest absolute Gasteiger partial charge is 0.140 e. The molecule has 0 saturated carbocycles. The van der Waals surface area contributed by atoms with Gasteiger partial charge in [0, 0.05) is 12.3 Å². The van der Waals surface area contributed by atoms with Gasteiger partial charge in [0.2, 0.25) is 0 Å². The Morgan fingerprint density at radius 1 is 1.47 bits per heavy atom. The van der Waals surface area contributed by atoms with Crippen LogP contribution in [0.15, 0.2) is 33.6 Å². The Kier molecular flexibility index (Phi) is 3.01. The summed E-state index contributed by atoms with van der Waals surface area (Å²) in [5.74, 6) is 0.818. The van der Waals surface area contributed by atoms with Crippen molar-refractivity contribution in [3.05, 3.63) is 40.3 Å². The number of pyridine rings is 1. The van der Waals surface area contributed by atoms with Crippen LogP contribution in [0.2, 0.25) is 0 Å². The minimum absolute atomic E-state index is 0.603. The van der Waals surface area contributed by atoms with Gasteiger partial charge in [-0.15, -0.1) is 0 Å². The fraction of sp³-hybridized carbons (Fsp3) is 0.200. The molecule has 0 atom stereocenters. The van der Waals surface area contributed by atoms with Crippen molar-refractivity contribution >= 4 is 21.7 Å². The largest absolute Gasteiger partial charge is 0.364 e. The molecule has 0 bridgehead atoms. The molecule has 0 saturated heterocycles. The van der Waals surface area contributed by atoms with E-state index in [-0.39, 0.29) is 0 Å². The van der Waals surface area contributed by atoms with Gasteiger partial charge >= 0.3 is 0 Å². The minimum Gasteiger partial charge on any atom is -0.364 e. The van der Waals surface area contributed by atoms with Crippen molar-refractivity contribution in [2.75, 3.05) is 5.32 Å². The second-order valence-corrected chi connectivity index (χ2v) is 3.93. The van der Waals surface area contributed by atoms with Gasteiger partial charge in [0.15, 0.2) is 0 Å². The predicted octanol–water partition coefficient (Wildman–Crippen LogP) is 2.75. The highest BCUT2D eigenvalue weighted by atomic mass is 79.9. The normalized spacial score (nSPS) is 10.3. The standard InChI is InChI=1S/C10H10BrN3O/c1-7-2-4-12-10(9(7)11)13-6-8-3-5-15-14-8/h2-5H,6H2,1H3,(H,12,13). The molecule has 0 radical (unpaired) electrons. The SMILES string of the molecule is Cc1ccnc(NCc2ccon2)c1Br. The van der Waals surface area contributed by atoms with E-state index in [1.807, 2.05) is 19.1 Å². The molecule has 0 aliphatic rings. The maximum absolute atomic E-state index is 4.73. The fourth-order valence-electron chi connectivity index (χ4n) is 1.17. The molecule has 1 N–H and O–H groups in total. The highest BCUT2D eigenvalue weighted by Crippen LogP contribution is 2.23. The quantitative estimate of drug-likeness (QED) is 0.929. The van der Waals surface area contributed by atoms with Gasteiger partial charge in [0.25, 0.3) is 0 Å². The van der Waals surface area contributed by atoms with Gasteiger partial charge in [-0.2, -0.15) is 0 Å². The number of aryl methyl sites for hydroxylation is 1. The zero-order valence-corrected chi connectivity index (χ0v) is 9.78. The summed E-state index contributed by atoms with van der Waals surface area (Å²) in [5.41, 5.74) is 2.00. The summed E-state index contributed by atoms with van der Waals surface area (Å²) >= 11 is 3.48. The fourth-order valence-corrected chi connectivity index (χ4v) is 1.54. The molecule has 0 aliphatic carbocycles. The zero-order chi connectivity index (χ0) is 10.7. The first-order chi connectivity index (χ1) is 7.27. The Balaban J connectivity index is 2.08. The first kappa shape index (κ1) is 10.2. The molecule has 5 heteroatoms. The van der Waals surface area contributed by atoms with Crippen LogP contribution >= 0.6 is 15.9 Å². The molecular formula is C10H10BrN3O. The van der Waals surface area contributed by atoms with Crippen LogP contribution in [-0.4, -0.2) is 10.1 Å². The van der Waals surface area contributed by atoms with Crippen LogP contribution in [0.25, 0.3) is 0 Å². The van der Waals surface area contributed by atoms with Gasteiger partial charge in [0.1, 0.15) is 17.8 Å². The first-order valence-corrected chi connectivity index (χ1v) is 5.31. The molecule has 4 nitrogen and oxygen atoms in total. The summed E-state index contributed by atoms with van der Waals surface area (Å²) < 4.78 is 5.71. The van der Waals surface area contributed by atoms with Crippen molar-refractivity contribution in [3.63, 3.8) is 0 Å². The average molecular weight is 268 g/mol. The van der Waals surface area contributed by atoms with Crippen molar-refractivity contribution in [1.29, 1.82) is 0 Å². The molecule has 2 aromatic rings.